The van der Waals surface area contributed by atoms with Gasteiger partial charge in [-0.25, -0.2) is 4.79 Å². The van der Waals surface area contributed by atoms with E-state index in [1.165, 1.54) is 13.8 Å². The van der Waals surface area contributed by atoms with Crippen molar-refractivity contribution in [3.8, 4) is 11.5 Å². The zero-order valence-corrected chi connectivity index (χ0v) is 18.0. The Morgan fingerprint density at radius 3 is 2.50 bits per heavy atom. The molecule has 1 aromatic rings. The Bertz CT molecular complexity index is 793. The maximum absolute atomic E-state index is 11.8. The molecule has 30 heavy (non-hydrogen) atoms. The molecule has 2 atom stereocenters. The molecule has 0 unspecified atom stereocenters. The Morgan fingerprint density at radius 1 is 1.17 bits per heavy atom. The molecule has 1 amide bonds. The molecule has 1 heterocycles. The first-order chi connectivity index (χ1) is 14.2. The van der Waals surface area contributed by atoms with E-state index < -0.39 is 29.6 Å². The molecule has 0 saturated heterocycles. The van der Waals surface area contributed by atoms with Crippen molar-refractivity contribution >= 4 is 18.0 Å². The third-order valence-corrected chi connectivity index (χ3v) is 4.92. The molecular formula is C21H29NO8. The summed E-state index contributed by atoms with van der Waals surface area (Å²) in [6.45, 7) is 6.98. The molecular weight excluding hydrogens is 394 g/mol. The predicted molar refractivity (Wildman–Crippen MR) is 107 cm³/mol. The SMILES string of the molecule is CCOC(=O)NCC[C@]1(COC(C)=O)c2c(C)ccc(OC(C)=O)c2O[C@H]1COC. The largest absolute Gasteiger partial charge is 0.483 e. The van der Waals surface area contributed by atoms with Gasteiger partial charge in [-0.1, -0.05) is 6.07 Å². The average Bonchev–Trinajstić information content (AvgIpc) is 2.98. The van der Waals surface area contributed by atoms with E-state index in [2.05, 4.69) is 5.32 Å². The maximum atomic E-state index is 11.8. The van der Waals surface area contributed by atoms with E-state index in [-0.39, 0.29) is 32.1 Å². The summed E-state index contributed by atoms with van der Waals surface area (Å²) in [4.78, 5) is 34.9. The van der Waals surface area contributed by atoms with Gasteiger partial charge in [-0.3, -0.25) is 9.59 Å². The molecule has 0 fully saturated rings. The van der Waals surface area contributed by atoms with Gasteiger partial charge in [0.25, 0.3) is 0 Å². The van der Waals surface area contributed by atoms with Gasteiger partial charge in [-0.2, -0.15) is 0 Å². The number of esters is 2. The van der Waals surface area contributed by atoms with Gasteiger partial charge < -0.3 is 29.0 Å². The molecule has 0 bridgehead atoms. The Labute approximate surface area is 176 Å². The number of rotatable bonds is 9. The summed E-state index contributed by atoms with van der Waals surface area (Å²) in [6, 6.07) is 3.48. The number of benzene rings is 1. The summed E-state index contributed by atoms with van der Waals surface area (Å²) in [6.07, 6.45) is -0.686. The number of methoxy groups -OCH3 is 1. The van der Waals surface area contributed by atoms with E-state index in [9.17, 15) is 14.4 Å². The Kier molecular flexibility index (Phi) is 8.05. The number of aryl methyl sites for hydroxylation is 1. The van der Waals surface area contributed by atoms with Crippen LogP contribution in [0, 0.1) is 6.92 Å². The van der Waals surface area contributed by atoms with Crippen molar-refractivity contribution in [1.82, 2.24) is 5.32 Å². The van der Waals surface area contributed by atoms with Gasteiger partial charge in [-0.15, -0.1) is 0 Å². The molecule has 1 N–H and O–H groups in total. The Balaban J connectivity index is 2.49. The van der Waals surface area contributed by atoms with Gasteiger partial charge in [0.1, 0.15) is 12.7 Å². The van der Waals surface area contributed by atoms with Crippen molar-refractivity contribution in [3.05, 3.63) is 23.3 Å². The van der Waals surface area contributed by atoms with Crippen LogP contribution in [0.5, 0.6) is 11.5 Å². The number of carbonyl (C=O) groups excluding carboxylic acids is 3. The number of amides is 1. The van der Waals surface area contributed by atoms with Crippen molar-refractivity contribution < 1.29 is 38.1 Å². The molecule has 9 nitrogen and oxygen atoms in total. The molecule has 0 aliphatic carbocycles. The van der Waals surface area contributed by atoms with E-state index in [4.69, 9.17) is 23.7 Å². The fraction of sp³-hybridized carbons (Fsp3) is 0.571. The van der Waals surface area contributed by atoms with Crippen LogP contribution in [0.3, 0.4) is 0 Å². The van der Waals surface area contributed by atoms with Crippen LogP contribution < -0.4 is 14.8 Å². The number of ether oxygens (including phenoxy) is 5. The van der Waals surface area contributed by atoms with Gasteiger partial charge in [0.2, 0.25) is 0 Å². The number of fused-ring (bicyclic) bond motifs is 1. The first-order valence-corrected chi connectivity index (χ1v) is 9.77. The number of hydrogen-bond donors (Lipinski definition) is 1. The maximum Gasteiger partial charge on any atom is 0.407 e. The first-order valence-electron chi connectivity index (χ1n) is 9.77. The molecule has 0 radical (unpaired) electrons. The lowest BCUT2D eigenvalue weighted by molar-refractivity contribution is -0.144. The van der Waals surface area contributed by atoms with Crippen LogP contribution in [0.1, 0.15) is 38.3 Å². The van der Waals surface area contributed by atoms with Crippen molar-refractivity contribution in [2.24, 2.45) is 0 Å². The van der Waals surface area contributed by atoms with Crippen LogP contribution in [0.4, 0.5) is 4.79 Å². The number of alkyl carbamates (subject to hydrolysis) is 1. The lowest BCUT2D eigenvalue weighted by Gasteiger charge is -2.34. The molecule has 2 rings (SSSR count). The van der Waals surface area contributed by atoms with Crippen LogP contribution in [-0.4, -0.2) is 57.6 Å². The average molecular weight is 423 g/mol. The van der Waals surface area contributed by atoms with Crippen LogP contribution in [0.15, 0.2) is 12.1 Å². The highest BCUT2D eigenvalue weighted by Crippen LogP contribution is 2.51. The second-order valence-electron chi connectivity index (χ2n) is 7.07. The third kappa shape index (κ3) is 5.21. The van der Waals surface area contributed by atoms with Gasteiger partial charge in [0, 0.05) is 33.1 Å². The van der Waals surface area contributed by atoms with Crippen molar-refractivity contribution in [1.29, 1.82) is 0 Å². The monoisotopic (exact) mass is 423 g/mol. The van der Waals surface area contributed by atoms with Crippen LogP contribution in [0.2, 0.25) is 0 Å². The fourth-order valence-electron chi connectivity index (χ4n) is 3.72. The van der Waals surface area contributed by atoms with Crippen LogP contribution in [0.25, 0.3) is 0 Å². The standard InChI is InChI=1S/C21H29NO8/c1-6-27-20(25)22-10-9-21(12-28-14(3)23)17(11-26-5)30-19-16(29-15(4)24)8-7-13(2)18(19)21/h7-8,17H,6,9-12H2,1-5H3,(H,22,25)/t17-,21+/m0/s1. The highest BCUT2D eigenvalue weighted by molar-refractivity contribution is 5.72. The molecule has 0 spiro atoms. The summed E-state index contributed by atoms with van der Waals surface area (Å²) >= 11 is 0. The Hall–Kier alpha value is -2.81. The van der Waals surface area contributed by atoms with E-state index in [0.717, 1.165) is 11.1 Å². The minimum Gasteiger partial charge on any atom is -0.483 e. The topological polar surface area (TPSA) is 109 Å². The highest BCUT2D eigenvalue weighted by atomic mass is 16.6. The van der Waals surface area contributed by atoms with Crippen LogP contribution >= 0.6 is 0 Å². The summed E-state index contributed by atoms with van der Waals surface area (Å²) in [5, 5.41) is 2.70. The molecule has 0 saturated carbocycles. The summed E-state index contributed by atoms with van der Waals surface area (Å²) < 4.78 is 27.2. The predicted octanol–water partition coefficient (Wildman–Crippen LogP) is 2.26. The molecule has 9 heteroatoms. The van der Waals surface area contributed by atoms with Gasteiger partial charge in [0.05, 0.1) is 18.6 Å². The van der Waals surface area contributed by atoms with Crippen molar-refractivity contribution in [2.45, 2.75) is 45.6 Å². The summed E-state index contributed by atoms with van der Waals surface area (Å²) in [5.41, 5.74) is 0.814. The van der Waals surface area contributed by atoms with Gasteiger partial charge in [0.15, 0.2) is 11.5 Å². The lowest BCUT2D eigenvalue weighted by atomic mass is 9.73. The highest BCUT2D eigenvalue weighted by Gasteiger charge is 2.52. The number of carbonyl (C=O) groups is 3. The minimum absolute atomic E-state index is 0.0121. The van der Waals surface area contributed by atoms with Gasteiger partial charge >= 0.3 is 18.0 Å². The first kappa shape index (κ1) is 23.5. The van der Waals surface area contributed by atoms with Crippen LogP contribution in [-0.2, 0) is 29.2 Å². The second-order valence-corrected chi connectivity index (χ2v) is 7.07. The van der Waals surface area contributed by atoms with E-state index in [0.29, 0.717) is 12.2 Å². The van der Waals surface area contributed by atoms with Crippen molar-refractivity contribution in [2.75, 3.05) is 33.5 Å². The van der Waals surface area contributed by atoms with E-state index >= 15 is 0 Å². The third-order valence-electron chi connectivity index (χ3n) is 4.92. The second kappa shape index (κ2) is 10.3. The smallest absolute Gasteiger partial charge is 0.407 e. The zero-order chi connectivity index (χ0) is 22.3. The number of nitrogens with one attached hydrogen (secondary N) is 1. The van der Waals surface area contributed by atoms with Crippen molar-refractivity contribution in [3.63, 3.8) is 0 Å². The molecule has 1 aliphatic heterocycles. The van der Waals surface area contributed by atoms with Gasteiger partial charge in [-0.05, 0) is 31.9 Å². The molecule has 1 aliphatic rings. The minimum atomic E-state index is -0.823. The Morgan fingerprint density at radius 2 is 1.90 bits per heavy atom. The summed E-state index contributed by atoms with van der Waals surface area (Å²) in [7, 11) is 1.54. The molecule has 166 valence electrons. The zero-order valence-electron chi connectivity index (χ0n) is 18.0. The quantitative estimate of drug-likeness (QED) is 0.476. The lowest BCUT2D eigenvalue weighted by Crippen LogP contribution is -2.47. The molecule has 1 aromatic carbocycles. The van der Waals surface area contributed by atoms with E-state index in [1.807, 2.05) is 13.0 Å². The fourth-order valence-corrected chi connectivity index (χ4v) is 3.72. The summed E-state index contributed by atoms with van der Waals surface area (Å²) in [5.74, 6) is -0.219. The normalized spacial score (nSPS) is 19.4. The number of hydrogen-bond acceptors (Lipinski definition) is 8. The molecule has 0 aromatic heterocycles. The van der Waals surface area contributed by atoms with E-state index in [1.54, 1.807) is 20.1 Å².